The zero-order chi connectivity index (χ0) is 15.8. The quantitative estimate of drug-likeness (QED) is 0.414. The van der Waals surface area contributed by atoms with Gasteiger partial charge >= 0.3 is 0 Å². The summed E-state index contributed by atoms with van der Waals surface area (Å²) >= 11 is 0. The summed E-state index contributed by atoms with van der Waals surface area (Å²) in [5.41, 5.74) is 1.40. The summed E-state index contributed by atoms with van der Waals surface area (Å²) in [6, 6.07) is 11.3. The van der Waals surface area contributed by atoms with Gasteiger partial charge in [-0.3, -0.25) is 9.89 Å². The highest BCUT2D eigenvalue weighted by Gasteiger charge is 2.24. The van der Waals surface area contributed by atoms with Crippen molar-refractivity contribution in [3.8, 4) is 0 Å². The van der Waals surface area contributed by atoms with Gasteiger partial charge in [0.15, 0.2) is 5.96 Å². The fourth-order valence-corrected chi connectivity index (χ4v) is 2.89. The predicted octanol–water partition coefficient (Wildman–Crippen LogP) is 3.09. The molecule has 23 heavy (non-hydrogen) atoms. The highest BCUT2D eigenvalue weighted by Crippen LogP contribution is 2.19. The van der Waals surface area contributed by atoms with E-state index in [4.69, 9.17) is 0 Å². The minimum Gasteiger partial charge on any atom is -0.356 e. The average molecular weight is 430 g/mol. The van der Waals surface area contributed by atoms with E-state index >= 15 is 0 Å². The Balaban J connectivity index is 0.00000264. The summed E-state index contributed by atoms with van der Waals surface area (Å²) in [6.07, 6.45) is 2.55. The number of nitrogens with zero attached hydrogens (tertiary/aromatic N) is 2. The van der Waals surface area contributed by atoms with Crippen LogP contribution in [0.3, 0.4) is 0 Å². The van der Waals surface area contributed by atoms with Crippen LogP contribution in [-0.2, 0) is 6.54 Å². The highest BCUT2D eigenvalue weighted by atomic mass is 127. The molecule has 1 aliphatic rings. The molecule has 0 radical (unpaired) electrons. The number of rotatable bonds is 6. The van der Waals surface area contributed by atoms with Crippen LogP contribution in [0.4, 0.5) is 0 Å². The second-order valence-corrected chi connectivity index (χ2v) is 6.48. The maximum Gasteiger partial charge on any atom is 0.191 e. The Bertz CT molecular complexity index is 461. The predicted molar refractivity (Wildman–Crippen MR) is 109 cm³/mol. The van der Waals surface area contributed by atoms with Crippen molar-refractivity contribution < 1.29 is 0 Å². The molecular weight excluding hydrogens is 399 g/mol. The first-order chi connectivity index (χ1) is 10.7. The molecule has 1 atom stereocenters. The minimum absolute atomic E-state index is 0. The van der Waals surface area contributed by atoms with Gasteiger partial charge in [0.2, 0.25) is 0 Å². The molecule has 0 spiro atoms. The van der Waals surface area contributed by atoms with Crippen LogP contribution < -0.4 is 10.6 Å². The number of benzene rings is 1. The van der Waals surface area contributed by atoms with Gasteiger partial charge in [-0.25, -0.2) is 0 Å². The second-order valence-electron chi connectivity index (χ2n) is 6.48. The van der Waals surface area contributed by atoms with E-state index in [2.05, 4.69) is 64.7 Å². The molecule has 0 saturated carbocycles. The minimum atomic E-state index is 0. The lowest BCUT2D eigenvalue weighted by Gasteiger charge is -2.25. The number of aliphatic imine (C=N–C) groups is 1. The van der Waals surface area contributed by atoms with Crippen molar-refractivity contribution in [3.63, 3.8) is 0 Å². The van der Waals surface area contributed by atoms with Crippen molar-refractivity contribution >= 4 is 29.9 Å². The van der Waals surface area contributed by atoms with Gasteiger partial charge in [-0.05, 0) is 30.9 Å². The summed E-state index contributed by atoms with van der Waals surface area (Å²) in [5.74, 6) is 1.54. The lowest BCUT2D eigenvalue weighted by molar-refractivity contribution is 0.245. The molecule has 4 nitrogen and oxygen atoms in total. The van der Waals surface area contributed by atoms with Gasteiger partial charge in [-0.1, -0.05) is 44.2 Å². The third kappa shape index (κ3) is 7.08. The van der Waals surface area contributed by atoms with E-state index in [9.17, 15) is 0 Å². The normalized spacial score (nSPS) is 18.8. The molecule has 1 saturated heterocycles. The summed E-state index contributed by atoms with van der Waals surface area (Å²) < 4.78 is 0. The molecule has 1 unspecified atom stereocenters. The third-order valence-corrected chi connectivity index (χ3v) is 4.13. The Labute approximate surface area is 158 Å². The van der Waals surface area contributed by atoms with Crippen molar-refractivity contribution in [3.05, 3.63) is 35.9 Å². The van der Waals surface area contributed by atoms with Crippen molar-refractivity contribution in [2.75, 3.05) is 26.7 Å². The van der Waals surface area contributed by atoms with Crippen LogP contribution in [0.5, 0.6) is 0 Å². The molecule has 2 N–H and O–H groups in total. The Kier molecular flexibility index (Phi) is 9.55. The largest absolute Gasteiger partial charge is 0.356 e. The van der Waals surface area contributed by atoms with Crippen LogP contribution in [0.15, 0.2) is 35.3 Å². The Morgan fingerprint density at radius 2 is 2.00 bits per heavy atom. The van der Waals surface area contributed by atoms with Crippen LogP contribution >= 0.6 is 24.0 Å². The van der Waals surface area contributed by atoms with E-state index in [0.29, 0.717) is 12.0 Å². The molecular formula is C18H31IN4. The lowest BCUT2D eigenvalue weighted by Crippen LogP contribution is -2.45. The fourth-order valence-electron chi connectivity index (χ4n) is 2.89. The summed E-state index contributed by atoms with van der Waals surface area (Å²) in [6.45, 7) is 8.57. The van der Waals surface area contributed by atoms with Gasteiger partial charge in [-0.15, -0.1) is 24.0 Å². The molecule has 1 fully saturated rings. The van der Waals surface area contributed by atoms with Gasteiger partial charge in [0.1, 0.15) is 0 Å². The molecule has 1 aromatic rings. The topological polar surface area (TPSA) is 39.7 Å². The number of halogens is 1. The van der Waals surface area contributed by atoms with Gasteiger partial charge in [-0.2, -0.15) is 0 Å². The summed E-state index contributed by atoms with van der Waals surface area (Å²) in [5, 5.41) is 6.86. The summed E-state index contributed by atoms with van der Waals surface area (Å²) in [4.78, 5) is 6.89. The Hall–Kier alpha value is -0.820. The molecule has 130 valence electrons. The second kappa shape index (κ2) is 10.9. The van der Waals surface area contributed by atoms with Crippen LogP contribution in [0.2, 0.25) is 0 Å². The Morgan fingerprint density at radius 3 is 2.65 bits per heavy atom. The van der Waals surface area contributed by atoms with Gasteiger partial charge in [0, 0.05) is 32.7 Å². The highest BCUT2D eigenvalue weighted by molar-refractivity contribution is 14.0. The van der Waals surface area contributed by atoms with Crippen LogP contribution in [0.1, 0.15) is 32.3 Å². The van der Waals surface area contributed by atoms with Crippen molar-refractivity contribution in [1.82, 2.24) is 15.5 Å². The lowest BCUT2D eigenvalue weighted by atomic mass is 10.2. The molecule has 5 heteroatoms. The smallest absolute Gasteiger partial charge is 0.191 e. The maximum atomic E-state index is 4.31. The monoisotopic (exact) mass is 430 g/mol. The molecule has 0 aliphatic carbocycles. The van der Waals surface area contributed by atoms with Gasteiger partial charge in [0.25, 0.3) is 0 Å². The van der Waals surface area contributed by atoms with Crippen LogP contribution in [0.25, 0.3) is 0 Å². The maximum absolute atomic E-state index is 4.31. The van der Waals surface area contributed by atoms with E-state index in [0.717, 1.165) is 25.6 Å². The third-order valence-electron chi connectivity index (χ3n) is 4.13. The van der Waals surface area contributed by atoms with E-state index < -0.39 is 0 Å². The van der Waals surface area contributed by atoms with Gasteiger partial charge in [0.05, 0.1) is 0 Å². The van der Waals surface area contributed by atoms with Crippen molar-refractivity contribution in [1.29, 1.82) is 0 Å². The molecule has 0 amide bonds. The molecule has 2 rings (SSSR count). The first-order valence-electron chi connectivity index (χ1n) is 8.41. The standard InChI is InChI=1S/C18H30N4.HI/c1-15(2)12-20-18(19-3)21-13-17-10-7-11-22(17)14-16-8-5-4-6-9-16;/h4-6,8-9,15,17H,7,10-14H2,1-3H3,(H2,19,20,21);1H. The number of hydrogen-bond donors (Lipinski definition) is 2. The molecule has 1 aromatic carbocycles. The SMILES string of the molecule is CN=C(NCC(C)C)NCC1CCCN1Cc1ccccc1.I. The zero-order valence-corrected chi connectivity index (χ0v) is 16.9. The van der Waals surface area contributed by atoms with Crippen LogP contribution in [-0.4, -0.2) is 43.6 Å². The first-order valence-corrected chi connectivity index (χ1v) is 8.41. The number of nitrogens with one attached hydrogen (secondary N) is 2. The van der Waals surface area contributed by atoms with Crippen molar-refractivity contribution in [2.24, 2.45) is 10.9 Å². The average Bonchev–Trinajstić information content (AvgIpc) is 2.95. The van der Waals surface area contributed by atoms with E-state index in [-0.39, 0.29) is 24.0 Å². The van der Waals surface area contributed by atoms with E-state index in [1.165, 1.54) is 24.9 Å². The number of hydrogen-bond acceptors (Lipinski definition) is 2. The van der Waals surface area contributed by atoms with E-state index in [1.807, 2.05) is 7.05 Å². The number of likely N-dealkylation sites (tertiary alicyclic amines) is 1. The Morgan fingerprint density at radius 1 is 1.26 bits per heavy atom. The van der Waals surface area contributed by atoms with E-state index in [1.54, 1.807) is 0 Å². The van der Waals surface area contributed by atoms with Gasteiger partial charge < -0.3 is 10.6 Å². The zero-order valence-electron chi connectivity index (χ0n) is 14.6. The fraction of sp³-hybridized carbons (Fsp3) is 0.611. The first kappa shape index (κ1) is 20.2. The number of guanidine groups is 1. The molecule has 0 aromatic heterocycles. The molecule has 0 bridgehead atoms. The molecule has 1 aliphatic heterocycles. The van der Waals surface area contributed by atoms with Crippen molar-refractivity contribution in [2.45, 2.75) is 39.3 Å². The van der Waals surface area contributed by atoms with Crippen LogP contribution in [0, 0.1) is 5.92 Å². The summed E-state index contributed by atoms with van der Waals surface area (Å²) in [7, 11) is 1.84. The molecule has 1 heterocycles.